The number of ether oxygens (including phenoxy) is 2. The van der Waals surface area contributed by atoms with Crippen LogP contribution in [0.25, 0.3) is 0 Å². The number of nitrogens with one attached hydrogen (secondary N) is 2. The van der Waals surface area contributed by atoms with Gasteiger partial charge in [-0.05, 0) is 25.1 Å². The summed E-state index contributed by atoms with van der Waals surface area (Å²) in [7, 11) is 3.54. The zero-order valence-corrected chi connectivity index (χ0v) is 16.0. The van der Waals surface area contributed by atoms with E-state index in [2.05, 4.69) is 15.5 Å². The number of hydrogen-bond acceptors (Lipinski definition) is 5. The molecule has 0 aromatic heterocycles. The lowest BCUT2D eigenvalue weighted by Crippen LogP contribution is -2.53. The lowest BCUT2D eigenvalue weighted by molar-refractivity contribution is -0.125. The van der Waals surface area contributed by atoms with Gasteiger partial charge < -0.3 is 25.0 Å². The summed E-state index contributed by atoms with van der Waals surface area (Å²) in [5.41, 5.74) is 0.408. The first-order valence-corrected chi connectivity index (χ1v) is 8.94. The smallest absolute Gasteiger partial charge is 0.255 e. The second-order valence-electron chi connectivity index (χ2n) is 6.90. The van der Waals surface area contributed by atoms with Crippen molar-refractivity contribution in [2.45, 2.75) is 26.0 Å². The Labute approximate surface area is 155 Å². The minimum atomic E-state index is -0.631. The van der Waals surface area contributed by atoms with Crippen LogP contribution < -0.4 is 15.4 Å². The number of nitrogens with zero attached hydrogens (tertiary/aromatic N) is 1. The molecule has 1 aliphatic heterocycles. The zero-order chi connectivity index (χ0) is 19.1. The van der Waals surface area contributed by atoms with Crippen molar-refractivity contribution in [2.75, 3.05) is 40.4 Å². The Kier molecular flexibility index (Phi) is 7.41. The van der Waals surface area contributed by atoms with E-state index < -0.39 is 6.04 Å². The van der Waals surface area contributed by atoms with E-state index in [0.717, 1.165) is 13.1 Å². The number of carbonyl (C=O) groups excluding carboxylic acids is 2. The molecular weight excluding hydrogens is 334 g/mol. The second-order valence-corrected chi connectivity index (χ2v) is 6.90. The van der Waals surface area contributed by atoms with Crippen molar-refractivity contribution in [3.8, 4) is 5.75 Å². The molecule has 1 aromatic rings. The third-order valence-electron chi connectivity index (χ3n) is 4.43. The maximum absolute atomic E-state index is 12.6. The number of para-hydroxylation sites is 1. The highest BCUT2D eigenvalue weighted by atomic mass is 16.5. The second kappa shape index (κ2) is 9.54. The van der Waals surface area contributed by atoms with Crippen LogP contribution in [0.3, 0.4) is 0 Å². The van der Waals surface area contributed by atoms with Gasteiger partial charge in [-0.15, -0.1) is 0 Å². The number of rotatable bonds is 7. The molecule has 2 atom stereocenters. The fourth-order valence-electron chi connectivity index (χ4n) is 2.90. The van der Waals surface area contributed by atoms with Crippen molar-refractivity contribution in [1.82, 2.24) is 15.5 Å². The van der Waals surface area contributed by atoms with Gasteiger partial charge in [0.2, 0.25) is 5.91 Å². The lowest BCUT2D eigenvalue weighted by atomic mass is 10.0. The van der Waals surface area contributed by atoms with Crippen LogP contribution in [0.15, 0.2) is 24.3 Å². The third kappa shape index (κ3) is 5.44. The topological polar surface area (TPSA) is 79.9 Å². The van der Waals surface area contributed by atoms with Gasteiger partial charge >= 0.3 is 0 Å². The molecule has 0 bridgehead atoms. The molecule has 0 aliphatic carbocycles. The Morgan fingerprint density at radius 3 is 2.73 bits per heavy atom. The molecule has 2 amide bonds. The molecule has 26 heavy (non-hydrogen) atoms. The molecule has 2 N–H and O–H groups in total. The van der Waals surface area contributed by atoms with E-state index in [0.29, 0.717) is 24.5 Å². The molecule has 7 heteroatoms. The normalized spacial score (nSPS) is 19.0. The number of benzene rings is 1. The maximum Gasteiger partial charge on any atom is 0.255 e. The first-order chi connectivity index (χ1) is 12.4. The summed E-state index contributed by atoms with van der Waals surface area (Å²) >= 11 is 0. The Bertz CT molecular complexity index is 621. The lowest BCUT2D eigenvalue weighted by Gasteiger charge is -2.31. The molecule has 0 saturated carbocycles. The predicted octanol–water partition coefficient (Wildman–Crippen LogP) is 0.896. The van der Waals surface area contributed by atoms with Crippen molar-refractivity contribution >= 4 is 11.8 Å². The minimum Gasteiger partial charge on any atom is -0.496 e. The number of carbonyl (C=O) groups is 2. The minimum absolute atomic E-state index is 0.0320. The van der Waals surface area contributed by atoms with E-state index in [1.165, 1.54) is 7.11 Å². The molecule has 2 rings (SSSR count). The molecule has 0 spiro atoms. The highest BCUT2D eigenvalue weighted by molar-refractivity contribution is 5.99. The van der Waals surface area contributed by atoms with Crippen molar-refractivity contribution in [3.05, 3.63) is 29.8 Å². The van der Waals surface area contributed by atoms with Crippen LogP contribution in [0, 0.1) is 5.92 Å². The molecule has 7 nitrogen and oxygen atoms in total. The molecule has 2 unspecified atom stereocenters. The van der Waals surface area contributed by atoms with E-state index in [9.17, 15) is 9.59 Å². The molecule has 1 aliphatic rings. The van der Waals surface area contributed by atoms with E-state index in [4.69, 9.17) is 9.47 Å². The maximum atomic E-state index is 12.6. The summed E-state index contributed by atoms with van der Waals surface area (Å²) in [4.78, 5) is 27.4. The first-order valence-electron chi connectivity index (χ1n) is 8.94. The number of morpholine rings is 1. The molecule has 1 saturated heterocycles. The van der Waals surface area contributed by atoms with Gasteiger partial charge in [-0.25, -0.2) is 0 Å². The van der Waals surface area contributed by atoms with Crippen LogP contribution in [0.5, 0.6) is 5.75 Å². The van der Waals surface area contributed by atoms with Crippen LogP contribution >= 0.6 is 0 Å². The van der Waals surface area contributed by atoms with Gasteiger partial charge in [-0.3, -0.25) is 9.59 Å². The van der Waals surface area contributed by atoms with Crippen molar-refractivity contribution < 1.29 is 19.1 Å². The number of methoxy groups -OCH3 is 1. The van der Waals surface area contributed by atoms with Crippen LogP contribution in [-0.2, 0) is 9.53 Å². The monoisotopic (exact) mass is 363 g/mol. The highest BCUT2D eigenvalue weighted by Gasteiger charge is 2.27. The highest BCUT2D eigenvalue weighted by Crippen LogP contribution is 2.17. The van der Waals surface area contributed by atoms with Gasteiger partial charge in [0.1, 0.15) is 11.8 Å². The molecule has 144 valence electrons. The van der Waals surface area contributed by atoms with Gasteiger partial charge in [0, 0.05) is 19.6 Å². The van der Waals surface area contributed by atoms with Crippen LogP contribution in [0.1, 0.15) is 24.2 Å². The summed E-state index contributed by atoms with van der Waals surface area (Å²) < 4.78 is 10.9. The number of hydrogen-bond donors (Lipinski definition) is 2. The van der Waals surface area contributed by atoms with Crippen molar-refractivity contribution in [3.63, 3.8) is 0 Å². The SMILES string of the molecule is COc1ccccc1C(=O)NC(C(=O)NCC1CN(C)CCO1)C(C)C. The van der Waals surface area contributed by atoms with E-state index in [1.807, 2.05) is 20.9 Å². The zero-order valence-electron chi connectivity index (χ0n) is 16.0. The van der Waals surface area contributed by atoms with Crippen molar-refractivity contribution in [1.29, 1.82) is 0 Å². The summed E-state index contributed by atoms with van der Waals surface area (Å²) in [5.74, 6) is -0.111. The van der Waals surface area contributed by atoms with E-state index in [1.54, 1.807) is 24.3 Å². The fraction of sp³-hybridized carbons (Fsp3) is 0.579. The molecule has 1 fully saturated rings. The molecular formula is C19H29N3O4. The Morgan fingerprint density at radius 2 is 2.08 bits per heavy atom. The summed E-state index contributed by atoms with van der Waals surface area (Å²) in [6, 6.07) is 6.32. The molecule has 1 heterocycles. The fourth-order valence-corrected chi connectivity index (χ4v) is 2.90. The van der Waals surface area contributed by atoms with Crippen LogP contribution in [-0.4, -0.2) is 69.3 Å². The van der Waals surface area contributed by atoms with E-state index in [-0.39, 0.29) is 23.8 Å². The van der Waals surface area contributed by atoms with Gasteiger partial charge in [-0.1, -0.05) is 26.0 Å². The predicted molar refractivity (Wildman–Crippen MR) is 99.3 cm³/mol. The van der Waals surface area contributed by atoms with Gasteiger partial charge in [0.25, 0.3) is 5.91 Å². The van der Waals surface area contributed by atoms with Gasteiger partial charge in [0.05, 0.1) is 25.4 Å². The third-order valence-corrected chi connectivity index (χ3v) is 4.43. The Hall–Kier alpha value is -2.12. The van der Waals surface area contributed by atoms with Gasteiger partial charge in [-0.2, -0.15) is 0 Å². The Balaban J connectivity index is 1.96. The first kappa shape index (κ1) is 20.2. The average Bonchev–Trinajstić information content (AvgIpc) is 2.63. The van der Waals surface area contributed by atoms with Gasteiger partial charge in [0.15, 0.2) is 0 Å². The average molecular weight is 363 g/mol. The number of amides is 2. The quantitative estimate of drug-likeness (QED) is 0.752. The van der Waals surface area contributed by atoms with Crippen LogP contribution in [0.2, 0.25) is 0 Å². The standard InChI is InChI=1S/C19H29N3O4/c1-13(2)17(19(24)20-11-14-12-22(3)9-10-26-14)21-18(23)15-7-5-6-8-16(15)25-4/h5-8,13-14,17H,9-12H2,1-4H3,(H,20,24)(H,21,23). The Morgan fingerprint density at radius 1 is 1.35 bits per heavy atom. The van der Waals surface area contributed by atoms with Crippen molar-refractivity contribution in [2.24, 2.45) is 5.92 Å². The van der Waals surface area contributed by atoms with Crippen LogP contribution in [0.4, 0.5) is 0 Å². The molecule has 0 radical (unpaired) electrons. The molecule has 1 aromatic carbocycles. The number of likely N-dealkylation sites (N-methyl/N-ethyl adjacent to an activating group) is 1. The summed E-state index contributed by atoms with van der Waals surface area (Å²) in [6.07, 6.45) is -0.0320. The summed E-state index contributed by atoms with van der Waals surface area (Å²) in [6.45, 7) is 6.57. The largest absolute Gasteiger partial charge is 0.496 e. The van der Waals surface area contributed by atoms with E-state index >= 15 is 0 Å². The summed E-state index contributed by atoms with van der Waals surface area (Å²) in [5, 5.41) is 5.72.